The van der Waals surface area contributed by atoms with Crippen molar-refractivity contribution in [1.82, 2.24) is 5.32 Å². The van der Waals surface area contributed by atoms with E-state index in [0.29, 0.717) is 5.92 Å². The van der Waals surface area contributed by atoms with Gasteiger partial charge in [-0.2, -0.15) is 5.26 Å². The molecule has 0 aromatic rings. The van der Waals surface area contributed by atoms with Gasteiger partial charge < -0.3 is 5.32 Å². The fourth-order valence-corrected chi connectivity index (χ4v) is 2.26. The maximum absolute atomic E-state index is 8.94. The van der Waals surface area contributed by atoms with Crippen molar-refractivity contribution in [3.63, 3.8) is 0 Å². The zero-order chi connectivity index (χ0) is 11.1. The predicted molar refractivity (Wildman–Crippen MR) is 63.4 cm³/mol. The maximum Gasteiger partial charge on any atom is 0.0671 e. The second kappa shape index (κ2) is 6.85. The molecule has 0 saturated heterocycles. The molecule has 0 aromatic heterocycles. The van der Waals surface area contributed by atoms with Crippen molar-refractivity contribution in [3.05, 3.63) is 0 Å². The number of nitrogens with one attached hydrogen (secondary N) is 1. The van der Waals surface area contributed by atoms with E-state index in [2.05, 4.69) is 25.2 Å². The van der Waals surface area contributed by atoms with Gasteiger partial charge in [-0.25, -0.2) is 0 Å². The van der Waals surface area contributed by atoms with Gasteiger partial charge in [-0.15, -0.1) is 0 Å². The molecule has 1 aliphatic carbocycles. The average molecular weight is 208 g/mol. The highest BCUT2D eigenvalue weighted by atomic mass is 14.9. The van der Waals surface area contributed by atoms with Gasteiger partial charge in [0, 0.05) is 6.54 Å². The summed E-state index contributed by atoms with van der Waals surface area (Å²) in [7, 11) is 0. The van der Waals surface area contributed by atoms with Crippen molar-refractivity contribution in [1.29, 1.82) is 5.26 Å². The molecular weight excluding hydrogens is 184 g/mol. The summed E-state index contributed by atoms with van der Waals surface area (Å²) in [6.45, 7) is 6.22. The molecular formula is C13H24N2. The number of rotatable bonds is 5. The topological polar surface area (TPSA) is 35.8 Å². The highest BCUT2D eigenvalue weighted by molar-refractivity contribution is 4.86. The Kier molecular flexibility index (Phi) is 5.71. The molecule has 0 aliphatic heterocycles. The Morgan fingerprint density at radius 2 is 1.93 bits per heavy atom. The van der Waals surface area contributed by atoms with Gasteiger partial charge in [0.1, 0.15) is 0 Å². The van der Waals surface area contributed by atoms with Gasteiger partial charge in [-0.05, 0) is 31.2 Å². The summed E-state index contributed by atoms with van der Waals surface area (Å²) in [5.74, 6) is 1.51. The van der Waals surface area contributed by atoms with Crippen molar-refractivity contribution < 1.29 is 0 Å². The molecule has 1 rings (SSSR count). The highest BCUT2D eigenvalue weighted by Gasteiger charge is 2.15. The monoisotopic (exact) mass is 208 g/mol. The predicted octanol–water partition coefficient (Wildman–Crippen LogP) is 2.95. The highest BCUT2D eigenvalue weighted by Crippen LogP contribution is 2.22. The molecule has 0 bridgehead atoms. The molecule has 1 saturated carbocycles. The number of nitriles is 1. The van der Waals surface area contributed by atoms with Gasteiger partial charge in [-0.3, -0.25) is 0 Å². The van der Waals surface area contributed by atoms with E-state index < -0.39 is 0 Å². The van der Waals surface area contributed by atoms with Crippen LogP contribution in [0.3, 0.4) is 0 Å². The van der Waals surface area contributed by atoms with Crippen LogP contribution in [-0.2, 0) is 0 Å². The lowest BCUT2D eigenvalue weighted by Gasteiger charge is -2.23. The minimum atomic E-state index is 0.175. The Balaban J connectivity index is 2.11. The molecule has 1 fully saturated rings. The summed E-state index contributed by atoms with van der Waals surface area (Å²) in [6.07, 6.45) is 6.98. The standard InChI is InChI=1S/C13H24N2/c1-11(2)13(8-14)10-15-9-12-6-4-3-5-7-12/h11-13,15H,3-7,9-10H2,1-2H3. The van der Waals surface area contributed by atoms with Crippen LogP contribution in [0.4, 0.5) is 0 Å². The Morgan fingerprint density at radius 3 is 2.47 bits per heavy atom. The van der Waals surface area contributed by atoms with Crippen LogP contribution in [0.2, 0.25) is 0 Å². The lowest BCUT2D eigenvalue weighted by atomic mass is 9.89. The summed E-state index contributed by atoms with van der Waals surface area (Å²) in [5.41, 5.74) is 0. The zero-order valence-electron chi connectivity index (χ0n) is 10.1. The first-order chi connectivity index (χ1) is 7.24. The van der Waals surface area contributed by atoms with Crippen molar-refractivity contribution in [3.8, 4) is 6.07 Å². The van der Waals surface area contributed by atoms with Gasteiger partial charge in [0.2, 0.25) is 0 Å². The molecule has 86 valence electrons. The van der Waals surface area contributed by atoms with Gasteiger partial charge in [-0.1, -0.05) is 33.1 Å². The Morgan fingerprint density at radius 1 is 1.27 bits per heavy atom. The second-order valence-corrected chi connectivity index (χ2v) is 5.14. The summed E-state index contributed by atoms with van der Waals surface area (Å²) >= 11 is 0. The van der Waals surface area contributed by atoms with Crippen LogP contribution < -0.4 is 5.32 Å². The Hall–Kier alpha value is -0.550. The molecule has 0 spiro atoms. The number of nitrogens with zero attached hydrogens (tertiary/aromatic N) is 1. The van der Waals surface area contributed by atoms with E-state index in [-0.39, 0.29) is 5.92 Å². The molecule has 1 N–H and O–H groups in total. The van der Waals surface area contributed by atoms with E-state index in [1.54, 1.807) is 0 Å². The summed E-state index contributed by atoms with van der Waals surface area (Å²) in [4.78, 5) is 0. The minimum Gasteiger partial charge on any atom is -0.315 e. The van der Waals surface area contributed by atoms with E-state index in [1.807, 2.05) is 0 Å². The SMILES string of the molecule is CC(C)C(C#N)CNCC1CCCCC1. The third-order valence-corrected chi connectivity index (χ3v) is 3.49. The van der Waals surface area contributed by atoms with Crippen LogP contribution in [0.15, 0.2) is 0 Å². The van der Waals surface area contributed by atoms with E-state index in [4.69, 9.17) is 5.26 Å². The molecule has 0 amide bonds. The zero-order valence-corrected chi connectivity index (χ0v) is 10.1. The second-order valence-electron chi connectivity index (χ2n) is 5.14. The van der Waals surface area contributed by atoms with Crippen LogP contribution in [0.25, 0.3) is 0 Å². The van der Waals surface area contributed by atoms with Gasteiger partial charge in [0.25, 0.3) is 0 Å². The Labute approximate surface area is 94.1 Å². The Bertz CT molecular complexity index is 199. The summed E-state index contributed by atoms with van der Waals surface area (Å²) in [6, 6.07) is 2.38. The van der Waals surface area contributed by atoms with Gasteiger partial charge in [0.15, 0.2) is 0 Å². The quantitative estimate of drug-likeness (QED) is 0.754. The van der Waals surface area contributed by atoms with Crippen LogP contribution >= 0.6 is 0 Å². The van der Waals surface area contributed by atoms with Crippen molar-refractivity contribution >= 4 is 0 Å². The number of hydrogen-bond donors (Lipinski definition) is 1. The van der Waals surface area contributed by atoms with E-state index >= 15 is 0 Å². The van der Waals surface area contributed by atoms with Crippen LogP contribution in [0, 0.1) is 29.1 Å². The average Bonchev–Trinajstić information content (AvgIpc) is 2.25. The van der Waals surface area contributed by atoms with Gasteiger partial charge >= 0.3 is 0 Å². The van der Waals surface area contributed by atoms with Crippen molar-refractivity contribution in [2.45, 2.75) is 46.0 Å². The fraction of sp³-hybridized carbons (Fsp3) is 0.923. The molecule has 1 atom stereocenters. The van der Waals surface area contributed by atoms with E-state index in [0.717, 1.165) is 19.0 Å². The third kappa shape index (κ3) is 4.66. The van der Waals surface area contributed by atoms with Gasteiger partial charge in [0.05, 0.1) is 12.0 Å². The van der Waals surface area contributed by atoms with Crippen molar-refractivity contribution in [2.75, 3.05) is 13.1 Å². The molecule has 0 radical (unpaired) electrons. The fourth-order valence-electron chi connectivity index (χ4n) is 2.26. The molecule has 2 heteroatoms. The normalized spacial score (nSPS) is 20.1. The van der Waals surface area contributed by atoms with Crippen molar-refractivity contribution in [2.24, 2.45) is 17.8 Å². The third-order valence-electron chi connectivity index (χ3n) is 3.49. The van der Waals surface area contributed by atoms with Crippen LogP contribution in [0.1, 0.15) is 46.0 Å². The lowest BCUT2D eigenvalue weighted by Crippen LogP contribution is -2.30. The first kappa shape index (κ1) is 12.5. The molecule has 0 heterocycles. The molecule has 0 aromatic carbocycles. The minimum absolute atomic E-state index is 0.175. The van der Waals surface area contributed by atoms with Crippen LogP contribution in [0.5, 0.6) is 0 Å². The number of hydrogen-bond acceptors (Lipinski definition) is 2. The first-order valence-electron chi connectivity index (χ1n) is 6.34. The maximum atomic E-state index is 8.94. The summed E-state index contributed by atoms with van der Waals surface area (Å²) < 4.78 is 0. The van der Waals surface area contributed by atoms with Crippen LogP contribution in [-0.4, -0.2) is 13.1 Å². The molecule has 2 nitrogen and oxygen atoms in total. The summed E-state index contributed by atoms with van der Waals surface area (Å²) in [5, 5.41) is 12.4. The van der Waals surface area contributed by atoms with E-state index in [1.165, 1.54) is 32.1 Å². The smallest absolute Gasteiger partial charge is 0.0671 e. The first-order valence-corrected chi connectivity index (χ1v) is 6.34. The van der Waals surface area contributed by atoms with E-state index in [9.17, 15) is 0 Å². The largest absolute Gasteiger partial charge is 0.315 e. The lowest BCUT2D eigenvalue weighted by molar-refractivity contribution is 0.330. The molecule has 15 heavy (non-hydrogen) atoms. The molecule has 1 unspecified atom stereocenters. The molecule has 1 aliphatic rings.